The Bertz CT molecular complexity index is 1680. The van der Waals surface area contributed by atoms with Crippen molar-refractivity contribution in [3.63, 3.8) is 0 Å². The van der Waals surface area contributed by atoms with Gasteiger partial charge >= 0.3 is 5.97 Å². The second kappa shape index (κ2) is 12.3. The number of phenols is 1. The number of anilines is 1. The van der Waals surface area contributed by atoms with Crippen molar-refractivity contribution >= 4 is 67.1 Å². The Labute approximate surface area is 283 Å². The van der Waals surface area contributed by atoms with Crippen molar-refractivity contribution in [2.75, 3.05) is 18.6 Å². The number of halogens is 2. The van der Waals surface area contributed by atoms with Crippen molar-refractivity contribution in [3.8, 4) is 11.5 Å². The zero-order valence-corrected chi connectivity index (χ0v) is 28.5. The number of likely N-dealkylation sites (tertiary alicyclic amines) is 1. The van der Waals surface area contributed by atoms with Gasteiger partial charge in [0.15, 0.2) is 11.5 Å². The van der Waals surface area contributed by atoms with Crippen LogP contribution in [-0.4, -0.2) is 58.4 Å². The number of nitrogens with zero attached hydrogens (tertiary/aromatic N) is 2. The standard InChI is InChI=1S/C34H34Br2N2O8/c1-34-22(31(43)38(33(34)45)17-9-5-3-6-10-17)15-20-18(26(34)21-16-23(46-2)29(41)28(36)27(21)35)12-13-19-25(20)32(44)37(30(19)42)14-8-4-7-11-24(39)40/h3,5-6,9-10,12,16,19-20,22,25-26,41H,4,7-8,11,13-15H2,1-2H3,(H,39,40)/t19-,20+,22-,25-,26+,34+/m0/s1. The number of carbonyl (C=O) groups excluding carboxylic acids is 4. The third-order valence-electron chi connectivity index (χ3n) is 10.4. The first-order chi connectivity index (χ1) is 21.9. The number of benzene rings is 2. The molecule has 0 bridgehead atoms. The molecular formula is C34H34Br2N2O8. The number of amides is 4. The lowest BCUT2D eigenvalue weighted by Crippen LogP contribution is -2.49. The van der Waals surface area contributed by atoms with Crippen molar-refractivity contribution in [1.29, 1.82) is 0 Å². The molecule has 2 aromatic carbocycles. The predicted molar refractivity (Wildman–Crippen MR) is 174 cm³/mol. The topological polar surface area (TPSA) is 142 Å². The summed E-state index contributed by atoms with van der Waals surface area (Å²) in [5, 5.41) is 19.7. The number of carboxylic acids is 1. The van der Waals surface area contributed by atoms with Crippen molar-refractivity contribution in [2.24, 2.45) is 29.1 Å². The minimum Gasteiger partial charge on any atom is -0.503 e. The highest BCUT2D eigenvalue weighted by Gasteiger charge is 2.67. The highest BCUT2D eigenvalue weighted by Crippen LogP contribution is 2.65. The van der Waals surface area contributed by atoms with Crippen molar-refractivity contribution in [3.05, 3.63) is 62.6 Å². The van der Waals surface area contributed by atoms with Crippen LogP contribution in [0.3, 0.4) is 0 Å². The Morgan fingerprint density at radius 3 is 2.39 bits per heavy atom. The summed E-state index contributed by atoms with van der Waals surface area (Å²) in [4.78, 5) is 70.0. The highest BCUT2D eigenvalue weighted by atomic mass is 79.9. The van der Waals surface area contributed by atoms with Gasteiger partial charge in [0.1, 0.15) is 0 Å². The maximum Gasteiger partial charge on any atom is 0.303 e. The molecular weight excluding hydrogens is 724 g/mol. The average Bonchev–Trinajstić information content (AvgIpc) is 3.40. The molecule has 2 heterocycles. The van der Waals surface area contributed by atoms with E-state index in [9.17, 15) is 29.1 Å². The third kappa shape index (κ3) is 4.90. The molecule has 4 aliphatic rings. The fourth-order valence-corrected chi connectivity index (χ4v) is 9.12. The van der Waals surface area contributed by atoms with Crippen LogP contribution in [0.4, 0.5) is 5.69 Å². The number of rotatable bonds is 9. The van der Waals surface area contributed by atoms with Crippen LogP contribution < -0.4 is 9.64 Å². The van der Waals surface area contributed by atoms with Gasteiger partial charge in [-0.1, -0.05) is 36.3 Å². The monoisotopic (exact) mass is 756 g/mol. The van der Waals surface area contributed by atoms with Gasteiger partial charge in [-0.3, -0.25) is 28.9 Å². The van der Waals surface area contributed by atoms with Crippen molar-refractivity contribution in [1.82, 2.24) is 4.90 Å². The quantitative estimate of drug-likeness (QED) is 0.186. The number of hydrogen-bond acceptors (Lipinski definition) is 7. The summed E-state index contributed by atoms with van der Waals surface area (Å²) in [5.74, 6) is -5.28. The molecule has 10 nitrogen and oxygen atoms in total. The molecule has 3 fully saturated rings. The molecule has 2 aromatic rings. The molecule has 0 unspecified atom stereocenters. The van der Waals surface area contributed by atoms with Gasteiger partial charge in [0, 0.05) is 23.4 Å². The third-order valence-corrected chi connectivity index (χ3v) is 12.5. The highest BCUT2D eigenvalue weighted by molar-refractivity contribution is 9.13. The van der Waals surface area contributed by atoms with Gasteiger partial charge in [-0.05, 0) is 94.1 Å². The van der Waals surface area contributed by atoms with Gasteiger partial charge in [-0.15, -0.1) is 0 Å². The van der Waals surface area contributed by atoms with E-state index in [0.29, 0.717) is 45.9 Å². The number of allylic oxidation sites excluding steroid dienone is 2. The van der Waals surface area contributed by atoms with E-state index >= 15 is 0 Å². The minimum absolute atomic E-state index is 0.0323. The Hall–Kier alpha value is -3.51. The van der Waals surface area contributed by atoms with Gasteiger partial charge in [0.2, 0.25) is 23.6 Å². The van der Waals surface area contributed by atoms with Crippen LogP contribution in [0.25, 0.3) is 0 Å². The number of fused-ring (bicyclic) bond motifs is 4. The van der Waals surface area contributed by atoms with Gasteiger partial charge in [-0.2, -0.15) is 0 Å². The fourth-order valence-electron chi connectivity index (χ4n) is 8.17. The number of carboxylic acid groups (broad SMARTS) is 1. The van der Waals surface area contributed by atoms with Crippen LogP contribution in [-0.2, 0) is 24.0 Å². The first kappa shape index (κ1) is 32.4. The van der Waals surface area contributed by atoms with E-state index in [2.05, 4.69) is 31.9 Å². The summed E-state index contributed by atoms with van der Waals surface area (Å²) in [6, 6.07) is 10.4. The van der Waals surface area contributed by atoms with E-state index in [1.165, 1.54) is 16.9 Å². The molecule has 2 aliphatic carbocycles. The van der Waals surface area contributed by atoms with Crippen LogP contribution in [0.5, 0.6) is 11.5 Å². The van der Waals surface area contributed by atoms with Crippen LogP contribution in [0, 0.1) is 29.1 Å². The molecule has 1 saturated carbocycles. The Morgan fingerprint density at radius 1 is 1.00 bits per heavy atom. The summed E-state index contributed by atoms with van der Waals surface area (Å²) in [5.41, 5.74) is 0.653. The first-order valence-corrected chi connectivity index (χ1v) is 17.0. The summed E-state index contributed by atoms with van der Waals surface area (Å²) in [7, 11) is 1.43. The maximum absolute atomic E-state index is 14.6. The zero-order chi connectivity index (χ0) is 33.1. The smallest absolute Gasteiger partial charge is 0.303 e. The number of aliphatic carboxylic acids is 1. The van der Waals surface area contributed by atoms with E-state index in [0.717, 1.165) is 5.57 Å². The van der Waals surface area contributed by atoms with Gasteiger partial charge in [0.25, 0.3) is 0 Å². The molecule has 2 N–H and O–H groups in total. The summed E-state index contributed by atoms with van der Waals surface area (Å²) in [6.45, 7) is 2.02. The summed E-state index contributed by atoms with van der Waals surface area (Å²) in [6.07, 6.45) is 4.09. The van der Waals surface area contributed by atoms with Crippen LogP contribution in [0.1, 0.15) is 56.9 Å². The van der Waals surface area contributed by atoms with Crippen molar-refractivity contribution in [2.45, 2.75) is 51.4 Å². The largest absolute Gasteiger partial charge is 0.503 e. The number of ether oxygens (including phenoxy) is 1. The fraction of sp³-hybridized carbons (Fsp3) is 0.441. The molecule has 6 atom stereocenters. The summed E-state index contributed by atoms with van der Waals surface area (Å²) < 4.78 is 6.32. The lowest BCUT2D eigenvalue weighted by atomic mass is 9.51. The molecule has 242 valence electrons. The zero-order valence-electron chi connectivity index (χ0n) is 25.4. The van der Waals surface area contributed by atoms with E-state index in [1.807, 2.05) is 12.1 Å². The molecule has 12 heteroatoms. The number of unbranched alkanes of at least 4 members (excludes halogenated alkanes) is 2. The molecule has 0 aromatic heterocycles. The summed E-state index contributed by atoms with van der Waals surface area (Å²) >= 11 is 7.09. The maximum atomic E-state index is 14.6. The number of imide groups is 2. The molecule has 6 rings (SSSR count). The number of methoxy groups -OCH3 is 1. The molecule has 2 aliphatic heterocycles. The minimum atomic E-state index is -1.25. The molecule has 46 heavy (non-hydrogen) atoms. The second-order valence-electron chi connectivity index (χ2n) is 12.7. The number of para-hydroxylation sites is 1. The van der Waals surface area contributed by atoms with Crippen molar-refractivity contribution < 1.29 is 38.9 Å². The lowest BCUT2D eigenvalue weighted by Gasteiger charge is -2.49. The van der Waals surface area contributed by atoms with E-state index in [1.54, 1.807) is 37.3 Å². The average molecular weight is 758 g/mol. The molecule has 2 saturated heterocycles. The molecule has 0 spiro atoms. The number of phenolic OH excluding ortho intramolecular Hbond substituents is 1. The Balaban J connectivity index is 1.44. The second-order valence-corrected chi connectivity index (χ2v) is 14.3. The van der Waals surface area contributed by atoms with E-state index in [4.69, 9.17) is 9.84 Å². The number of aromatic hydroxyl groups is 1. The van der Waals surface area contributed by atoms with Gasteiger partial charge in [0.05, 0.1) is 40.4 Å². The Morgan fingerprint density at radius 2 is 1.72 bits per heavy atom. The normalized spacial score (nSPS) is 28.6. The van der Waals surface area contributed by atoms with Gasteiger partial charge < -0.3 is 14.9 Å². The van der Waals surface area contributed by atoms with E-state index in [-0.39, 0.29) is 54.5 Å². The van der Waals surface area contributed by atoms with Crippen LogP contribution >= 0.6 is 31.9 Å². The molecule has 0 radical (unpaired) electrons. The van der Waals surface area contributed by atoms with Crippen LogP contribution in [0.2, 0.25) is 0 Å². The predicted octanol–water partition coefficient (Wildman–Crippen LogP) is 5.80. The number of hydrogen-bond donors (Lipinski definition) is 2. The lowest BCUT2D eigenvalue weighted by molar-refractivity contribution is -0.141. The molecule has 4 amide bonds. The Kier molecular flexibility index (Phi) is 8.64. The SMILES string of the molecule is COc1cc([C@H]2C3=CC[C@@H]4C(=O)N(CCCCCC(=O)O)C(=O)[C@@H]4[C@@H]3C[C@H]3C(=O)N(c4ccccc4)C(=O)[C@@]23C)c(Br)c(Br)c1O. The van der Waals surface area contributed by atoms with Crippen LogP contribution in [0.15, 0.2) is 57.0 Å². The van der Waals surface area contributed by atoms with Gasteiger partial charge in [-0.25, -0.2) is 4.90 Å². The van der Waals surface area contributed by atoms with E-state index < -0.39 is 41.0 Å². The first-order valence-electron chi connectivity index (χ1n) is 15.4. The number of carbonyl (C=O) groups is 5.